The second kappa shape index (κ2) is 7.60. The van der Waals surface area contributed by atoms with Crippen molar-refractivity contribution in [3.8, 4) is 0 Å². The summed E-state index contributed by atoms with van der Waals surface area (Å²) in [6.45, 7) is 7.03. The standard InChI is InChI=1S/C14H24N2O2S/c1-5-16-10(2)8-13(11(16)3)14(18)15-12(6-7-17)9-19-4/h8,12,17H,5-7,9H2,1-4H3,(H,15,18). The molecule has 2 N–H and O–H groups in total. The van der Waals surface area contributed by atoms with E-state index in [4.69, 9.17) is 5.11 Å². The SMILES string of the molecule is CCn1c(C)cc(C(=O)NC(CCO)CSC)c1C. The monoisotopic (exact) mass is 284 g/mol. The molecule has 1 aromatic rings. The van der Waals surface area contributed by atoms with Gasteiger partial charge >= 0.3 is 0 Å². The number of hydrogen-bond acceptors (Lipinski definition) is 3. The summed E-state index contributed by atoms with van der Waals surface area (Å²) in [6.07, 6.45) is 2.60. The zero-order valence-electron chi connectivity index (χ0n) is 12.2. The number of carbonyl (C=O) groups is 1. The van der Waals surface area contributed by atoms with Gasteiger partial charge < -0.3 is 15.0 Å². The third-order valence-corrected chi connectivity index (χ3v) is 4.05. The van der Waals surface area contributed by atoms with Gasteiger partial charge in [-0.1, -0.05) is 0 Å². The van der Waals surface area contributed by atoms with Gasteiger partial charge in [-0.3, -0.25) is 4.79 Å². The number of amides is 1. The van der Waals surface area contributed by atoms with E-state index in [0.717, 1.165) is 29.2 Å². The van der Waals surface area contributed by atoms with E-state index in [1.807, 2.05) is 26.2 Å². The molecule has 0 fully saturated rings. The number of nitrogens with zero attached hydrogens (tertiary/aromatic N) is 1. The molecular weight excluding hydrogens is 260 g/mol. The van der Waals surface area contributed by atoms with Crippen LogP contribution in [0, 0.1) is 13.8 Å². The first kappa shape index (κ1) is 16.1. The van der Waals surface area contributed by atoms with Crippen molar-refractivity contribution >= 4 is 17.7 Å². The Kier molecular flexibility index (Phi) is 6.45. The lowest BCUT2D eigenvalue weighted by Gasteiger charge is -2.16. The van der Waals surface area contributed by atoms with Crippen LogP contribution in [0.4, 0.5) is 0 Å². The molecule has 108 valence electrons. The number of aliphatic hydroxyl groups excluding tert-OH is 1. The molecule has 0 aliphatic carbocycles. The second-order valence-corrected chi connectivity index (χ2v) is 5.58. The van der Waals surface area contributed by atoms with E-state index in [1.54, 1.807) is 11.8 Å². The number of nitrogens with one attached hydrogen (secondary N) is 1. The van der Waals surface area contributed by atoms with Crippen molar-refractivity contribution in [2.45, 2.75) is 39.8 Å². The van der Waals surface area contributed by atoms with Gasteiger partial charge in [-0.2, -0.15) is 11.8 Å². The first-order valence-electron chi connectivity index (χ1n) is 6.62. The molecule has 0 saturated carbocycles. The van der Waals surface area contributed by atoms with Crippen LogP contribution in [0.15, 0.2) is 6.07 Å². The zero-order chi connectivity index (χ0) is 14.4. The molecule has 1 heterocycles. The quantitative estimate of drug-likeness (QED) is 0.805. The maximum atomic E-state index is 12.3. The molecule has 1 aromatic heterocycles. The van der Waals surface area contributed by atoms with E-state index >= 15 is 0 Å². The van der Waals surface area contributed by atoms with Gasteiger partial charge in [-0.25, -0.2) is 0 Å². The summed E-state index contributed by atoms with van der Waals surface area (Å²) in [6, 6.07) is 1.96. The van der Waals surface area contributed by atoms with Crippen LogP contribution >= 0.6 is 11.8 Å². The number of hydrogen-bond donors (Lipinski definition) is 2. The Balaban J connectivity index is 2.82. The number of carbonyl (C=O) groups excluding carboxylic acids is 1. The van der Waals surface area contributed by atoms with Crippen molar-refractivity contribution in [3.05, 3.63) is 23.0 Å². The Hall–Kier alpha value is -0.940. The van der Waals surface area contributed by atoms with Crippen molar-refractivity contribution in [2.75, 3.05) is 18.6 Å². The molecule has 0 bridgehead atoms. The summed E-state index contributed by atoms with van der Waals surface area (Å²) in [4.78, 5) is 12.3. The van der Waals surface area contributed by atoms with Gasteiger partial charge in [0.05, 0.1) is 5.56 Å². The van der Waals surface area contributed by atoms with E-state index in [1.165, 1.54) is 0 Å². The maximum Gasteiger partial charge on any atom is 0.253 e. The van der Waals surface area contributed by atoms with Crippen LogP contribution in [0.5, 0.6) is 0 Å². The fraction of sp³-hybridized carbons (Fsp3) is 0.643. The molecule has 0 aliphatic heterocycles. The van der Waals surface area contributed by atoms with E-state index in [0.29, 0.717) is 6.42 Å². The van der Waals surface area contributed by atoms with Crippen LogP contribution < -0.4 is 5.32 Å². The maximum absolute atomic E-state index is 12.3. The number of aliphatic hydroxyl groups is 1. The molecule has 0 saturated heterocycles. The number of rotatable bonds is 7. The van der Waals surface area contributed by atoms with E-state index in [2.05, 4.69) is 16.8 Å². The highest BCUT2D eigenvalue weighted by molar-refractivity contribution is 7.98. The van der Waals surface area contributed by atoms with Crippen molar-refractivity contribution in [2.24, 2.45) is 0 Å². The minimum atomic E-state index is -0.0414. The van der Waals surface area contributed by atoms with Crippen LogP contribution in [0.1, 0.15) is 35.1 Å². The van der Waals surface area contributed by atoms with E-state index in [9.17, 15) is 4.79 Å². The molecule has 4 nitrogen and oxygen atoms in total. The van der Waals surface area contributed by atoms with Gasteiger partial charge in [0, 0.05) is 36.3 Å². The van der Waals surface area contributed by atoms with Crippen LogP contribution in [-0.2, 0) is 6.54 Å². The highest BCUT2D eigenvalue weighted by Gasteiger charge is 2.18. The minimum absolute atomic E-state index is 0.0252. The Morgan fingerprint density at radius 3 is 2.68 bits per heavy atom. The highest BCUT2D eigenvalue weighted by atomic mass is 32.2. The number of aromatic nitrogens is 1. The predicted molar refractivity (Wildman–Crippen MR) is 80.9 cm³/mol. The molecule has 0 aromatic carbocycles. The molecule has 1 amide bonds. The molecule has 5 heteroatoms. The number of aryl methyl sites for hydroxylation is 1. The van der Waals surface area contributed by atoms with Crippen molar-refractivity contribution < 1.29 is 9.90 Å². The van der Waals surface area contributed by atoms with Crippen molar-refractivity contribution in [3.63, 3.8) is 0 Å². The molecule has 1 unspecified atom stereocenters. The first-order chi connectivity index (χ1) is 9.04. The lowest BCUT2D eigenvalue weighted by Crippen LogP contribution is -2.37. The highest BCUT2D eigenvalue weighted by Crippen LogP contribution is 2.15. The van der Waals surface area contributed by atoms with Gasteiger partial charge in [0.15, 0.2) is 0 Å². The Morgan fingerprint density at radius 1 is 1.53 bits per heavy atom. The molecule has 0 radical (unpaired) electrons. The van der Waals surface area contributed by atoms with Gasteiger partial charge in [0.2, 0.25) is 0 Å². The number of thioether (sulfide) groups is 1. The fourth-order valence-corrected chi connectivity index (χ4v) is 2.99. The molecule has 0 spiro atoms. The summed E-state index contributed by atoms with van der Waals surface area (Å²) in [5.41, 5.74) is 2.85. The van der Waals surface area contributed by atoms with Gasteiger partial charge in [-0.15, -0.1) is 0 Å². The van der Waals surface area contributed by atoms with Gasteiger partial charge in [0.25, 0.3) is 5.91 Å². The summed E-state index contributed by atoms with van der Waals surface area (Å²) in [7, 11) is 0. The van der Waals surface area contributed by atoms with Gasteiger partial charge in [0.1, 0.15) is 0 Å². The molecule has 1 rings (SSSR count). The Morgan fingerprint density at radius 2 is 2.21 bits per heavy atom. The lowest BCUT2D eigenvalue weighted by molar-refractivity contribution is 0.0934. The largest absolute Gasteiger partial charge is 0.396 e. The fourth-order valence-electron chi connectivity index (χ4n) is 2.33. The van der Waals surface area contributed by atoms with Crippen molar-refractivity contribution in [1.82, 2.24) is 9.88 Å². The minimum Gasteiger partial charge on any atom is -0.396 e. The summed E-state index contributed by atoms with van der Waals surface area (Å²) in [5.74, 6) is 0.777. The smallest absolute Gasteiger partial charge is 0.253 e. The lowest BCUT2D eigenvalue weighted by atomic mass is 10.2. The first-order valence-corrected chi connectivity index (χ1v) is 8.01. The van der Waals surface area contributed by atoms with Crippen LogP contribution in [0.3, 0.4) is 0 Å². The summed E-state index contributed by atoms with van der Waals surface area (Å²) < 4.78 is 2.13. The molecule has 19 heavy (non-hydrogen) atoms. The normalized spacial score (nSPS) is 12.5. The Bertz CT molecular complexity index is 423. The third-order valence-electron chi connectivity index (χ3n) is 3.32. The van der Waals surface area contributed by atoms with E-state index < -0.39 is 0 Å². The van der Waals surface area contributed by atoms with Gasteiger partial charge in [-0.05, 0) is 39.5 Å². The van der Waals surface area contributed by atoms with Crippen LogP contribution in [0.2, 0.25) is 0 Å². The topological polar surface area (TPSA) is 54.3 Å². The summed E-state index contributed by atoms with van der Waals surface area (Å²) >= 11 is 1.67. The average Bonchev–Trinajstić information content (AvgIpc) is 2.65. The predicted octanol–water partition coefficient (Wildman–Crippen LogP) is 1.97. The molecule has 1 atom stereocenters. The van der Waals surface area contributed by atoms with E-state index in [-0.39, 0.29) is 18.6 Å². The second-order valence-electron chi connectivity index (χ2n) is 4.67. The summed E-state index contributed by atoms with van der Waals surface area (Å²) in [5, 5.41) is 12.0. The van der Waals surface area contributed by atoms with Crippen molar-refractivity contribution in [1.29, 1.82) is 0 Å². The Labute approximate surface area is 119 Å². The average molecular weight is 284 g/mol. The third kappa shape index (κ3) is 4.01. The molecule has 0 aliphatic rings. The van der Waals surface area contributed by atoms with Crippen LogP contribution in [-0.4, -0.2) is 40.2 Å². The molecular formula is C14H24N2O2S. The zero-order valence-corrected chi connectivity index (χ0v) is 13.0. The van der Waals surface area contributed by atoms with Crippen LogP contribution in [0.25, 0.3) is 0 Å².